The van der Waals surface area contributed by atoms with Gasteiger partial charge in [0.15, 0.2) is 0 Å². The van der Waals surface area contributed by atoms with Crippen molar-refractivity contribution in [3.63, 3.8) is 0 Å². The van der Waals surface area contributed by atoms with E-state index in [2.05, 4.69) is 0 Å². The van der Waals surface area contributed by atoms with Crippen molar-refractivity contribution in [3.05, 3.63) is 0 Å². The monoisotopic (exact) mass is 230 g/mol. The van der Waals surface area contributed by atoms with Gasteiger partial charge in [-0.25, -0.2) is 0 Å². The van der Waals surface area contributed by atoms with E-state index in [9.17, 15) is 0 Å². The van der Waals surface area contributed by atoms with E-state index >= 15 is 0 Å². The second-order valence-corrected chi connectivity index (χ2v) is 1.34. The van der Waals surface area contributed by atoms with E-state index in [4.69, 9.17) is 17.5 Å². The van der Waals surface area contributed by atoms with Crippen LogP contribution in [0.5, 0.6) is 0 Å². The van der Waals surface area contributed by atoms with Crippen molar-refractivity contribution in [1.82, 2.24) is 0 Å². The fourth-order valence-corrected chi connectivity index (χ4v) is 0. The molecule has 0 aliphatic rings. The number of hydrogen-bond donors (Lipinski definition) is 2. The van der Waals surface area contributed by atoms with Crippen molar-refractivity contribution in [1.29, 1.82) is 0 Å². The molecule has 0 fully saturated rings. The number of rotatable bonds is 0. The van der Waals surface area contributed by atoms with Crippen molar-refractivity contribution in [2.45, 2.75) is 0 Å². The summed E-state index contributed by atoms with van der Waals surface area (Å²) in [4.78, 5) is 0. The molecule has 4 nitrogen and oxygen atoms in total. The van der Waals surface area contributed by atoms with Gasteiger partial charge < -0.3 is 5.71 Å². The van der Waals surface area contributed by atoms with Gasteiger partial charge in [-0.2, -0.15) is 8.42 Å². The molecule has 0 saturated carbocycles. The molecule has 0 aliphatic carbocycles. The zero-order valence-corrected chi connectivity index (χ0v) is 10.0. The van der Waals surface area contributed by atoms with E-state index in [-0.39, 0.29) is 88.9 Å². The van der Waals surface area contributed by atoms with Crippen LogP contribution < -0.4 is 0 Å². The third-order valence-electron chi connectivity index (χ3n) is 0. The van der Waals surface area contributed by atoms with Crippen molar-refractivity contribution in [2.75, 3.05) is 0 Å². The predicted molar refractivity (Wildman–Crippen MR) is 30.1 cm³/mol. The topological polar surface area (TPSA) is 74.6 Å². The Balaban J connectivity index is -0.00000000533. The minimum absolute atomic E-state index is 0. The zero-order valence-electron chi connectivity index (χ0n) is 7.53. The Morgan fingerprint density at radius 2 is 1.29 bits per heavy atom. The van der Waals surface area contributed by atoms with E-state index in [1.807, 2.05) is 0 Å². The Labute approximate surface area is 114 Å². The quantitative estimate of drug-likeness (QED) is 0.414. The minimum Gasteiger partial charge on any atom is -1.00 e. The summed E-state index contributed by atoms with van der Waals surface area (Å²) in [6.45, 7) is 0. The fourth-order valence-electron chi connectivity index (χ4n) is 0. The van der Waals surface area contributed by atoms with Crippen LogP contribution >= 0.6 is 0 Å². The average molecular weight is 230 g/mol. The van der Waals surface area contributed by atoms with E-state index in [0.29, 0.717) is 0 Å². The Morgan fingerprint density at radius 3 is 1.29 bits per heavy atom. The van der Waals surface area contributed by atoms with Crippen LogP contribution in [0.4, 0.5) is 0 Å². The number of hydrogen-bond acceptors (Lipinski definition) is 2. The van der Waals surface area contributed by atoms with E-state index in [1.165, 1.54) is 0 Å². The van der Waals surface area contributed by atoms with Crippen LogP contribution in [-0.4, -0.2) is 101 Å². The molecule has 0 spiro atoms. The van der Waals surface area contributed by atoms with Gasteiger partial charge in [0, 0.05) is 0 Å². The smallest absolute Gasteiger partial charge is 1.00 e. The summed E-state index contributed by atoms with van der Waals surface area (Å²) in [5.41, 5.74) is 0. The first-order chi connectivity index (χ1) is 2.00. The largest absolute Gasteiger partial charge is 2.00 e. The average Bonchev–Trinajstić information content (AvgIpc) is 0.722. The van der Waals surface area contributed by atoms with Crippen LogP contribution in [0.2, 0.25) is 0 Å². The van der Waals surface area contributed by atoms with Gasteiger partial charge in [-0.3, -0.25) is 9.11 Å². The second kappa shape index (κ2) is 6.73. The maximum atomic E-state index is 8.74. The molecular weight excluding hydrogens is 224 g/mol. The molecule has 0 amide bonds. The molecule has 7 heteroatoms. The summed E-state index contributed by atoms with van der Waals surface area (Å²) in [6, 6.07) is 0. The molecule has 0 rings (SSSR count). The maximum Gasteiger partial charge on any atom is 2.00 e. The van der Waals surface area contributed by atoms with Crippen molar-refractivity contribution in [2.24, 2.45) is 0 Å². The molecule has 0 saturated heterocycles. The molecule has 0 aromatic carbocycles. The molecule has 0 bridgehead atoms. The summed E-state index contributed by atoms with van der Waals surface area (Å²) < 4.78 is 31.6. The molecule has 0 aromatic heterocycles. The molecule has 0 aromatic rings. The molecular formula is H6CaO4SSr. The summed E-state index contributed by atoms with van der Waals surface area (Å²) in [7, 11) is -4.67. The Hall–Kier alpha value is 2.61. The summed E-state index contributed by atoms with van der Waals surface area (Å²) in [5, 5.41) is 0. The second-order valence-electron chi connectivity index (χ2n) is 0.448. The van der Waals surface area contributed by atoms with E-state index in [0.717, 1.165) is 0 Å². The molecule has 0 radical (unpaired) electrons. The van der Waals surface area contributed by atoms with Gasteiger partial charge in [-0.1, -0.05) is 0 Å². The van der Waals surface area contributed by atoms with Crippen molar-refractivity contribution in [3.8, 4) is 0 Å². The van der Waals surface area contributed by atoms with Gasteiger partial charge in [-0.15, -0.1) is 0 Å². The normalized spacial score (nSPS) is 8.29. The van der Waals surface area contributed by atoms with Crippen molar-refractivity contribution >= 4 is 93.6 Å². The maximum absolute atomic E-state index is 8.74. The standard InChI is InChI=1S/Ca.H2O4S.Sr.4H/c;1-5(2,3)4;;;;;/h;(H2,1,2,3,4);;;;;/q+2;;+2;4*-1. The first-order valence-corrected chi connectivity index (χ1v) is 2.10. The molecule has 0 atom stereocenters. The van der Waals surface area contributed by atoms with Crippen molar-refractivity contribution < 1.29 is 23.2 Å². The molecule has 40 valence electrons. The SMILES string of the molecule is O=S(=O)(O)O.[Ca+2].[H-].[H-].[H-].[H-].[Sr+2]. The first kappa shape index (κ1) is 16.3. The third kappa shape index (κ3) is 55.2. The van der Waals surface area contributed by atoms with Crippen LogP contribution in [-0.2, 0) is 10.4 Å². The minimum atomic E-state index is -4.67. The summed E-state index contributed by atoms with van der Waals surface area (Å²) in [6.07, 6.45) is 0. The van der Waals surface area contributed by atoms with Crippen LogP contribution in [0.1, 0.15) is 5.71 Å². The van der Waals surface area contributed by atoms with Crippen LogP contribution in [0, 0.1) is 0 Å². The van der Waals surface area contributed by atoms with Crippen LogP contribution in [0.25, 0.3) is 0 Å². The van der Waals surface area contributed by atoms with Gasteiger partial charge in [0.2, 0.25) is 0 Å². The van der Waals surface area contributed by atoms with Gasteiger partial charge >= 0.3 is 93.6 Å². The Bertz CT molecular complexity index is 105. The van der Waals surface area contributed by atoms with Gasteiger partial charge in [-0.05, 0) is 0 Å². The summed E-state index contributed by atoms with van der Waals surface area (Å²) in [5.74, 6) is 0. The Kier molecular flexibility index (Phi) is 15.7. The van der Waals surface area contributed by atoms with Gasteiger partial charge in [0.1, 0.15) is 0 Å². The van der Waals surface area contributed by atoms with E-state index < -0.39 is 10.4 Å². The first-order valence-electron chi connectivity index (χ1n) is 0.698. The molecule has 0 aliphatic heterocycles. The summed E-state index contributed by atoms with van der Waals surface area (Å²) >= 11 is 0. The molecule has 0 heterocycles. The van der Waals surface area contributed by atoms with Crippen LogP contribution in [0.15, 0.2) is 0 Å². The van der Waals surface area contributed by atoms with Gasteiger partial charge in [0.25, 0.3) is 0 Å². The molecule has 2 N–H and O–H groups in total. The fraction of sp³-hybridized carbons (Fsp3) is 0. The zero-order chi connectivity index (χ0) is 4.50. The molecule has 7 heavy (non-hydrogen) atoms. The Morgan fingerprint density at radius 1 is 1.29 bits per heavy atom. The van der Waals surface area contributed by atoms with Gasteiger partial charge in [0.05, 0.1) is 0 Å². The van der Waals surface area contributed by atoms with E-state index in [1.54, 1.807) is 0 Å². The molecule has 0 unspecified atom stereocenters. The van der Waals surface area contributed by atoms with Crippen LogP contribution in [0.3, 0.4) is 0 Å². The predicted octanol–water partition coefficient (Wildman–Crippen LogP) is -0.964. The third-order valence-corrected chi connectivity index (χ3v) is 0.